The number of hydrogen-bond donors (Lipinski definition) is 0. The van der Waals surface area contributed by atoms with Crippen molar-refractivity contribution >= 4 is 29.3 Å². The summed E-state index contributed by atoms with van der Waals surface area (Å²) in [6.07, 6.45) is 3.57. The molecule has 0 spiro atoms. The normalized spacial score (nSPS) is 10.7. The lowest BCUT2D eigenvalue weighted by Gasteiger charge is -2.21. The van der Waals surface area contributed by atoms with Crippen LogP contribution in [0, 0.1) is 0 Å². The molecule has 0 saturated heterocycles. The Morgan fingerprint density at radius 3 is 2.70 bits per heavy atom. The van der Waals surface area contributed by atoms with Gasteiger partial charge in [-0.1, -0.05) is 43.3 Å². The van der Waals surface area contributed by atoms with Gasteiger partial charge in [0.05, 0.1) is 11.4 Å². The lowest BCUT2D eigenvalue weighted by atomic mass is 10.3. The Hall–Kier alpha value is -1.53. The number of carbonyl (C=O) groups is 1. The van der Waals surface area contributed by atoms with Gasteiger partial charge in [-0.15, -0.1) is 10.2 Å². The molecule has 0 bridgehead atoms. The molecule has 1 heterocycles. The maximum Gasteiger partial charge on any atom is 0.233 e. The van der Waals surface area contributed by atoms with E-state index in [1.165, 1.54) is 11.8 Å². The number of thioether (sulfide) groups is 1. The van der Waals surface area contributed by atoms with E-state index in [0.29, 0.717) is 15.9 Å². The molecule has 0 unspecified atom stereocenters. The summed E-state index contributed by atoms with van der Waals surface area (Å²) in [6, 6.07) is 7.47. The zero-order valence-electron chi connectivity index (χ0n) is 13.4. The lowest BCUT2D eigenvalue weighted by molar-refractivity contribution is -0.128. The molecule has 0 aliphatic rings. The Kier molecular flexibility index (Phi) is 6.92. The van der Waals surface area contributed by atoms with Gasteiger partial charge in [0.1, 0.15) is 6.33 Å². The van der Waals surface area contributed by atoms with E-state index in [4.69, 9.17) is 11.6 Å². The Balaban J connectivity index is 2.04. The molecule has 1 aromatic carbocycles. The van der Waals surface area contributed by atoms with Crippen molar-refractivity contribution in [1.82, 2.24) is 19.7 Å². The zero-order chi connectivity index (χ0) is 16.7. The summed E-state index contributed by atoms with van der Waals surface area (Å²) in [4.78, 5) is 14.3. The monoisotopic (exact) mass is 352 g/mol. The number of halogens is 1. The van der Waals surface area contributed by atoms with Crippen LogP contribution in [0.3, 0.4) is 0 Å². The topological polar surface area (TPSA) is 51.0 Å². The van der Waals surface area contributed by atoms with Crippen molar-refractivity contribution in [1.29, 1.82) is 0 Å². The second kappa shape index (κ2) is 8.93. The SMILES string of the molecule is CCCN(CCC)C(=O)CSc1nncn1-c1cccc(Cl)c1. The molecule has 2 rings (SSSR count). The van der Waals surface area contributed by atoms with Gasteiger partial charge in [-0.05, 0) is 31.0 Å². The Bertz CT molecular complexity index is 641. The highest BCUT2D eigenvalue weighted by Gasteiger charge is 2.15. The minimum atomic E-state index is 0.138. The van der Waals surface area contributed by atoms with Gasteiger partial charge in [-0.2, -0.15) is 0 Å². The quantitative estimate of drug-likeness (QED) is 0.680. The lowest BCUT2D eigenvalue weighted by Crippen LogP contribution is -2.33. The van der Waals surface area contributed by atoms with Crippen molar-refractivity contribution in [2.45, 2.75) is 31.8 Å². The first-order valence-electron chi connectivity index (χ1n) is 7.72. The minimum Gasteiger partial charge on any atom is -0.342 e. The number of nitrogens with zero attached hydrogens (tertiary/aromatic N) is 4. The zero-order valence-corrected chi connectivity index (χ0v) is 15.0. The van der Waals surface area contributed by atoms with Crippen LogP contribution in [-0.4, -0.2) is 44.4 Å². The van der Waals surface area contributed by atoms with Crippen molar-refractivity contribution < 1.29 is 4.79 Å². The van der Waals surface area contributed by atoms with Crippen LogP contribution >= 0.6 is 23.4 Å². The van der Waals surface area contributed by atoms with Gasteiger partial charge in [0.15, 0.2) is 5.16 Å². The maximum atomic E-state index is 12.3. The van der Waals surface area contributed by atoms with Crippen LogP contribution in [0.2, 0.25) is 5.02 Å². The second-order valence-corrected chi connectivity index (χ2v) is 6.51. The van der Waals surface area contributed by atoms with Crippen molar-refractivity contribution in [3.8, 4) is 5.69 Å². The van der Waals surface area contributed by atoms with E-state index in [-0.39, 0.29) is 5.91 Å². The highest BCUT2D eigenvalue weighted by atomic mass is 35.5. The van der Waals surface area contributed by atoms with Gasteiger partial charge >= 0.3 is 0 Å². The number of rotatable bonds is 8. The molecule has 0 aliphatic heterocycles. The molecule has 0 N–H and O–H groups in total. The fourth-order valence-electron chi connectivity index (χ4n) is 2.24. The average Bonchev–Trinajstić information content (AvgIpc) is 3.01. The van der Waals surface area contributed by atoms with Crippen molar-refractivity contribution in [2.75, 3.05) is 18.8 Å². The smallest absolute Gasteiger partial charge is 0.233 e. The summed E-state index contributed by atoms with van der Waals surface area (Å²) < 4.78 is 1.84. The van der Waals surface area contributed by atoms with Crippen LogP contribution in [0.25, 0.3) is 5.69 Å². The van der Waals surface area contributed by atoms with Crippen LogP contribution in [-0.2, 0) is 4.79 Å². The first-order valence-corrected chi connectivity index (χ1v) is 9.08. The molecule has 0 fully saturated rings. The number of carbonyl (C=O) groups excluding carboxylic acids is 1. The summed E-state index contributed by atoms with van der Waals surface area (Å²) in [5, 5.41) is 9.40. The summed E-state index contributed by atoms with van der Waals surface area (Å²) in [6.45, 7) is 5.76. The first kappa shape index (κ1) is 17.8. The number of benzene rings is 1. The molecular formula is C16H21ClN4OS. The van der Waals surface area contributed by atoms with E-state index in [9.17, 15) is 4.79 Å². The largest absolute Gasteiger partial charge is 0.342 e. The van der Waals surface area contributed by atoms with Crippen LogP contribution in [0.1, 0.15) is 26.7 Å². The van der Waals surface area contributed by atoms with E-state index in [2.05, 4.69) is 24.0 Å². The predicted octanol–water partition coefficient (Wildman–Crippen LogP) is 3.66. The Labute approximate surface area is 146 Å². The van der Waals surface area contributed by atoms with E-state index in [1.807, 2.05) is 33.7 Å². The fraction of sp³-hybridized carbons (Fsp3) is 0.438. The standard InChI is InChI=1S/C16H21ClN4OS/c1-3-8-20(9-4-2)15(22)11-23-16-19-18-12-21(16)14-7-5-6-13(17)10-14/h5-7,10,12H,3-4,8-9,11H2,1-2H3. The third-order valence-corrected chi connectivity index (χ3v) is 4.43. The third kappa shape index (κ3) is 4.97. The van der Waals surface area contributed by atoms with E-state index in [0.717, 1.165) is 31.6 Å². The molecule has 0 saturated carbocycles. The summed E-state index contributed by atoms with van der Waals surface area (Å²) in [5.74, 6) is 0.499. The number of hydrogen-bond acceptors (Lipinski definition) is 4. The third-order valence-electron chi connectivity index (χ3n) is 3.27. The van der Waals surface area contributed by atoms with Gasteiger partial charge in [0, 0.05) is 18.1 Å². The highest BCUT2D eigenvalue weighted by Crippen LogP contribution is 2.22. The summed E-state index contributed by atoms with van der Waals surface area (Å²) >= 11 is 7.43. The van der Waals surface area contributed by atoms with E-state index < -0.39 is 0 Å². The van der Waals surface area contributed by atoms with Crippen molar-refractivity contribution in [2.24, 2.45) is 0 Å². The fourth-order valence-corrected chi connectivity index (χ4v) is 3.26. The van der Waals surface area contributed by atoms with Crippen LogP contribution in [0.15, 0.2) is 35.7 Å². The molecule has 0 radical (unpaired) electrons. The van der Waals surface area contributed by atoms with Crippen LogP contribution in [0.5, 0.6) is 0 Å². The van der Waals surface area contributed by atoms with Gasteiger partial charge in [0.2, 0.25) is 5.91 Å². The molecule has 0 aliphatic carbocycles. The Morgan fingerprint density at radius 2 is 2.04 bits per heavy atom. The molecule has 124 valence electrons. The van der Waals surface area contributed by atoms with E-state index >= 15 is 0 Å². The van der Waals surface area contributed by atoms with E-state index in [1.54, 1.807) is 6.33 Å². The highest BCUT2D eigenvalue weighted by molar-refractivity contribution is 7.99. The van der Waals surface area contributed by atoms with Gasteiger partial charge in [-0.3, -0.25) is 9.36 Å². The minimum absolute atomic E-state index is 0.138. The summed E-state index contributed by atoms with van der Waals surface area (Å²) in [7, 11) is 0. The van der Waals surface area contributed by atoms with Crippen molar-refractivity contribution in [3.63, 3.8) is 0 Å². The number of aromatic nitrogens is 3. The summed E-state index contributed by atoms with van der Waals surface area (Å²) in [5.41, 5.74) is 0.886. The molecule has 7 heteroatoms. The Morgan fingerprint density at radius 1 is 1.30 bits per heavy atom. The maximum absolute atomic E-state index is 12.3. The van der Waals surface area contributed by atoms with Crippen LogP contribution in [0.4, 0.5) is 0 Å². The van der Waals surface area contributed by atoms with Crippen molar-refractivity contribution in [3.05, 3.63) is 35.6 Å². The number of amides is 1. The molecular weight excluding hydrogens is 332 g/mol. The molecule has 5 nitrogen and oxygen atoms in total. The molecule has 0 atom stereocenters. The van der Waals surface area contributed by atoms with Gasteiger partial charge < -0.3 is 4.90 Å². The molecule has 1 amide bonds. The average molecular weight is 353 g/mol. The van der Waals surface area contributed by atoms with Gasteiger partial charge in [-0.25, -0.2) is 0 Å². The van der Waals surface area contributed by atoms with Gasteiger partial charge in [0.25, 0.3) is 0 Å². The molecule has 1 aromatic heterocycles. The molecule has 23 heavy (non-hydrogen) atoms. The second-order valence-electron chi connectivity index (χ2n) is 5.13. The molecule has 2 aromatic rings. The first-order chi connectivity index (χ1) is 11.2. The predicted molar refractivity (Wildman–Crippen MR) is 94.3 cm³/mol. The van der Waals surface area contributed by atoms with Crippen LogP contribution < -0.4 is 0 Å².